The number of nitrogens with one attached hydrogen (secondary N) is 3. The van der Waals surface area contributed by atoms with Crippen LogP contribution >= 0.6 is 0 Å². The number of pyridine rings is 2. The third-order valence-corrected chi connectivity index (χ3v) is 6.86. The second-order valence-corrected chi connectivity index (χ2v) is 9.73. The lowest BCUT2D eigenvalue weighted by atomic mass is 9.91. The van der Waals surface area contributed by atoms with E-state index in [2.05, 4.69) is 74.0 Å². The number of rotatable bonds is 7. The number of hydrogen-bond acceptors (Lipinski definition) is 6. The van der Waals surface area contributed by atoms with Crippen molar-refractivity contribution in [1.82, 2.24) is 25.5 Å². The van der Waals surface area contributed by atoms with Crippen LogP contribution in [0.3, 0.4) is 0 Å². The Labute approximate surface area is 228 Å². The van der Waals surface area contributed by atoms with Gasteiger partial charge < -0.3 is 15.5 Å². The minimum atomic E-state index is 0.746. The third kappa shape index (κ3) is 8.84. The minimum absolute atomic E-state index is 0.746. The van der Waals surface area contributed by atoms with E-state index >= 15 is 0 Å². The van der Waals surface area contributed by atoms with Crippen LogP contribution in [0, 0.1) is 12.8 Å². The fourth-order valence-electron chi connectivity index (χ4n) is 4.74. The number of nitrogens with zero attached hydrogens (tertiary/aromatic N) is 4. The summed E-state index contributed by atoms with van der Waals surface area (Å²) >= 11 is 0. The summed E-state index contributed by atoms with van der Waals surface area (Å²) in [5.41, 5.74) is 6.05. The number of H-pyrrole nitrogens is 1. The van der Waals surface area contributed by atoms with Crippen molar-refractivity contribution < 1.29 is 0 Å². The average Bonchev–Trinajstić information content (AvgIpc) is 3.43. The monoisotopic (exact) mass is 515 g/mol. The highest BCUT2D eigenvalue weighted by Gasteiger charge is 2.14. The smallest absolute Gasteiger partial charge is 0.128 e. The zero-order valence-electron chi connectivity index (χ0n) is 23.5. The first-order chi connectivity index (χ1) is 18.6. The molecule has 2 aliphatic rings. The number of piperidine rings is 2. The van der Waals surface area contributed by atoms with Crippen molar-refractivity contribution in [3.05, 3.63) is 78.5 Å². The molecule has 3 aromatic heterocycles. The zero-order valence-corrected chi connectivity index (χ0v) is 23.5. The molecule has 2 saturated heterocycles. The van der Waals surface area contributed by atoms with Gasteiger partial charge in [-0.05, 0) is 93.8 Å². The van der Waals surface area contributed by atoms with E-state index in [4.69, 9.17) is 0 Å². The van der Waals surface area contributed by atoms with Crippen molar-refractivity contribution in [2.24, 2.45) is 5.92 Å². The summed E-state index contributed by atoms with van der Waals surface area (Å²) < 4.78 is 0. The van der Waals surface area contributed by atoms with Crippen LogP contribution in [0.5, 0.6) is 0 Å². The Morgan fingerprint density at radius 2 is 1.84 bits per heavy atom. The highest BCUT2D eigenvalue weighted by Crippen LogP contribution is 2.23. The zero-order chi connectivity index (χ0) is 27.2. The van der Waals surface area contributed by atoms with Gasteiger partial charge in [-0.3, -0.25) is 10.1 Å². The van der Waals surface area contributed by atoms with Crippen LogP contribution in [0.2, 0.25) is 0 Å². The maximum Gasteiger partial charge on any atom is 0.128 e. The number of hydrogen-bond donors (Lipinski definition) is 3. The standard InChI is InChI=1S/C18H23N5.C11H16N2.C2H6/c1-3-17-18(12-21-23-17)22-13(2)16-9-15(10-20-11-16)8-14-4-6-19-7-5-14;1-10-5-6-11(12-9-10)13-7-3-2-4-8-13;1-2/h3,9-12,14,19,22H,1-2,4-8H2,(H,21,23);5-6,9H,2-4,7-8H2,1H3;1-2H3. The minimum Gasteiger partial charge on any atom is -0.357 e. The van der Waals surface area contributed by atoms with Gasteiger partial charge in [0.1, 0.15) is 5.82 Å². The average molecular weight is 516 g/mol. The van der Waals surface area contributed by atoms with Gasteiger partial charge in [0.2, 0.25) is 0 Å². The van der Waals surface area contributed by atoms with E-state index in [1.54, 1.807) is 12.3 Å². The molecule has 2 aliphatic heterocycles. The van der Waals surface area contributed by atoms with Gasteiger partial charge in [-0.2, -0.15) is 5.10 Å². The van der Waals surface area contributed by atoms with Gasteiger partial charge in [-0.1, -0.05) is 33.1 Å². The van der Waals surface area contributed by atoms with Crippen molar-refractivity contribution in [2.45, 2.75) is 59.3 Å². The molecule has 5 rings (SSSR count). The SMILES string of the molecule is C=Cc1[nH]ncc1NC(=C)c1cncc(CC2CCNCC2)c1.CC.Cc1ccc(N2CCCCC2)nc1. The molecule has 2 fully saturated rings. The Bertz CT molecular complexity index is 1110. The van der Waals surface area contributed by atoms with Crippen LogP contribution < -0.4 is 15.5 Å². The summed E-state index contributed by atoms with van der Waals surface area (Å²) in [5.74, 6) is 1.89. The molecule has 0 bridgehead atoms. The largest absolute Gasteiger partial charge is 0.357 e. The van der Waals surface area contributed by atoms with Gasteiger partial charge in [0.15, 0.2) is 0 Å². The fraction of sp³-hybridized carbons (Fsp3) is 0.452. The van der Waals surface area contributed by atoms with Crippen molar-refractivity contribution in [3.8, 4) is 0 Å². The van der Waals surface area contributed by atoms with Crippen molar-refractivity contribution in [2.75, 3.05) is 36.4 Å². The molecule has 0 atom stereocenters. The molecular weight excluding hydrogens is 470 g/mol. The second-order valence-electron chi connectivity index (χ2n) is 9.73. The van der Waals surface area contributed by atoms with Crippen molar-refractivity contribution in [1.29, 1.82) is 0 Å². The highest BCUT2D eigenvalue weighted by atomic mass is 15.2. The first-order valence-electron chi connectivity index (χ1n) is 14.1. The van der Waals surface area contributed by atoms with Gasteiger partial charge in [0.05, 0.1) is 17.6 Å². The summed E-state index contributed by atoms with van der Waals surface area (Å²) in [6.45, 7) is 18.6. The lowest BCUT2D eigenvalue weighted by Crippen LogP contribution is -2.29. The summed E-state index contributed by atoms with van der Waals surface area (Å²) in [5, 5.41) is 13.6. The van der Waals surface area contributed by atoms with Crippen LogP contribution in [0.25, 0.3) is 11.8 Å². The summed E-state index contributed by atoms with van der Waals surface area (Å²) in [7, 11) is 0. The molecule has 3 aromatic rings. The first-order valence-corrected chi connectivity index (χ1v) is 14.1. The molecule has 0 radical (unpaired) electrons. The molecule has 38 heavy (non-hydrogen) atoms. The molecule has 0 saturated carbocycles. The van der Waals surface area contributed by atoms with Crippen LogP contribution in [-0.4, -0.2) is 46.3 Å². The number of aromatic nitrogens is 4. The molecule has 0 spiro atoms. The number of anilines is 2. The van der Waals surface area contributed by atoms with Crippen LogP contribution in [0.15, 0.2) is 56.1 Å². The molecule has 3 N–H and O–H groups in total. The molecule has 0 amide bonds. The maximum atomic E-state index is 4.43. The van der Waals surface area contributed by atoms with Gasteiger partial charge in [-0.25, -0.2) is 4.98 Å². The Morgan fingerprint density at radius 3 is 2.53 bits per heavy atom. The molecule has 0 aliphatic carbocycles. The van der Waals surface area contributed by atoms with Gasteiger partial charge in [-0.15, -0.1) is 0 Å². The van der Waals surface area contributed by atoms with E-state index in [-0.39, 0.29) is 0 Å². The molecule has 7 nitrogen and oxygen atoms in total. The van der Waals surface area contributed by atoms with E-state index in [0.29, 0.717) is 0 Å². The first kappa shape index (κ1) is 29.1. The quantitative estimate of drug-likeness (QED) is 0.334. The number of aryl methyl sites for hydroxylation is 1. The van der Waals surface area contributed by atoms with Crippen molar-refractivity contribution in [3.63, 3.8) is 0 Å². The molecule has 5 heterocycles. The molecule has 7 heteroatoms. The topological polar surface area (TPSA) is 81.8 Å². The van der Waals surface area contributed by atoms with E-state index in [1.807, 2.05) is 32.4 Å². The Balaban J connectivity index is 0.000000225. The predicted octanol–water partition coefficient (Wildman–Crippen LogP) is 6.48. The lowest BCUT2D eigenvalue weighted by Gasteiger charge is -2.27. The predicted molar refractivity (Wildman–Crippen MR) is 161 cm³/mol. The fourth-order valence-corrected chi connectivity index (χ4v) is 4.74. The van der Waals surface area contributed by atoms with Gasteiger partial charge in [0.25, 0.3) is 0 Å². The summed E-state index contributed by atoms with van der Waals surface area (Å²) in [4.78, 5) is 11.2. The maximum absolute atomic E-state index is 4.43. The third-order valence-electron chi connectivity index (χ3n) is 6.86. The van der Waals surface area contributed by atoms with Crippen LogP contribution in [0.4, 0.5) is 11.5 Å². The van der Waals surface area contributed by atoms with E-state index in [0.717, 1.165) is 53.9 Å². The van der Waals surface area contributed by atoms with E-state index < -0.39 is 0 Å². The Kier molecular flexibility index (Phi) is 12.0. The molecule has 0 unspecified atom stereocenters. The summed E-state index contributed by atoms with van der Waals surface area (Å²) in [6, 6.07) is 6.44. The summed E-state index contributed by atoms with van der Waals surface area (Å²) in [6.07, 6.45) is 16.8. The highest BCUT2D eigenvalue weighted by molar-refractivity contribution is 5.78. The van der Waals surface area contributed by atoms with Gasteiger partial charge in [0, 0.05) is 42.9 Å². The second kappa shape index (κ2) is 15.7. The van der Waals surface area contributed by atoms with Gasteiger partial charge >= 0.3 is 0 Å². The molecular formula is C31H45N7. The Hall–Kier alpha value is -3.45. The lowest BCUT2D eigenvalue weighted by molar-refractivity contribution is 0.372. The number of aromatic amines is 1. The normalized spacial score (nSPS) is 15.4. The van der Waals surface area contributed by atoms with Crippen LogP contribution in [0.1, 0.15) is 68.3 Å². The molecule has 204 valence electrons. The van der Waals surface area contributed by atoms with Crippen molar-refractivity contribution >= 4 is 23.3 Å². The van der Waals surface area contributed by atoms with Crippen LogP contribution in [-0.2, 0) is 6.42 Å². The van der Waals surface area contributed by atoms with E-state index in [9.17, 15) is 0 Å². The van der Waals surface area contributed by atoms with E-state index in [1.165, 1.54) is 56.3 Å². The molecule has 0 aromatic carbocycles. The Morgan fingerprint density at radius 1 is 1.08 bits per heavy atom.